The molecule has 0 fully saturated rings. The van der Waals surface area contributed by atoms with E-state index in [-0.39, 0.29) is 34.5 Å². The number of nitrogens with zero attached hydrogens (tertiary/aromatic N) is 2. The SMILES string of the molecule is O=S(=O)([O-])c1ccc(Nc2cc3c(nc4ccccc4[n+]3-c3ccccc3)c3ccccc23)c(SOO[O-])c1.[Na+]. The number of rotatable bonds is 7. The summed E-state index contributed by atoms with van der Waals surface area (Å²) in [7, 11) is -4.74. The average molecular weight is 580 g/mol. The molecule has 0 aliphatic heterocycles. The zero-order valence-electron chi connectivity index (χ0n) is 21.0. The third-order valence-corrected chi connectivity index (χ3v) is 7.74. The zero-order chi connectivity index (χ0) is 27.0. The van der Waals surface area contributed by atoms with E-state index >= 15 is 0 Å². The molecular weight excluding hydrogens is 561 g/mol. The van der Waals surface area contributed by atoms with Gasteiger partial charge in [0.05, 0.1) is 33.2 Å². The molecule has 6 rings (SSSR count). The fourth-order valence-electron chi connectivity index (χ4n) is 4.62. The van der Waals surface area contributed by atoms with Crippen LogP contribution in [0.15, 0.2) is 113 Å². The van der Waals surface area contributed by atoms with E-state index < -0.39 is 15.0 Å². The van der Waals surface area contributed by atoms with Crippen molar-refractivity contribution in [1.82, 2.24) is 4.98 Å². The standard InChI is InChI=1S/C28H19N3O6S2.Na/c32-36-37-38-27-16-19(39(33,34)35)14-15-23(27)29-24-17-26-28(21-11-5-4-10-20(21)24)30-22-12-6-7-13-25(22)31(26)18-8-2-1-3-9-18;/h1-17H,(H2,32,33,34,35);/q;+1/p-1. The Labute approximate surface area is 255 Å². The first-order valence-electron chi connectivity index (χ1n) is 11.7. The van der Waals surface area contributed by atoms with Gasteiger partial charge in [-0.15, -0.1) is 4.57 Å². The smallest absolute Gasteiger partial charge is 0.744 e. The van der Waals surface area contributed by atoms with Crippen LogP contribution in [0.5, 0.6) is 0 Å². The fraction of sp³-hybridized carbons (Fsp3) is 0. The van der Waals surface area contributed by atoms with Crippen LogP contribution in [0.1, 0.15) is 0 Å². The van der Waals surface area contributed by atoms with Gasteiger partial charge in [-0.25, -0.2) is 13.4 Å². The fourth-order valence-corrected chi connectivity index (χ4v) is 5.67. The van der Waals surface area contributed by atoms with E-state index in [1.54, 1.807) is 0 Å². The third-order valence-electron chi connectivity index (χ3n) is 6.27. The van der Waals surface area contributed by atoms with Crippen molar-refractivity contribution < 1.29 is 61.7 Å². The molecule has 0 bridgehead atoms. The Morgan fingerprint density at radius 1 is 0.800 bits per heavy atom. The number of aromatic nitrogens is 2. The number of hydrogen-bond acceptors (Lipinski definition) is 9. The quantitative estimate of drug-likeness (QED) is 0.0439. The molecule has 6 aromatic rings. The Bertz CT molecular complexity index is 1970. The van der Waals surface area contributed by atoms with Crippen LogP contribution in [0.25, 0.3) is 38.5 Å². The first kappa shape index (κ1) is 28.4. The topological polar surface area (TPSA) is 128 Å². The van der Waals surface area contributed by atoms with Gasteiger partial charge >= 0.3 is 29.6 Å². The average Bonchev–Trinajstić information content (AvgIpc) is 2.95. The molecule has 0 saturated heterocycles. The monoisotopic (exact) mass is 579 g/mol. The van der Waals surface area contributed by atoms with E-state index in [0.717, 1.165) is 44.6 Å². The van der Waals surface area contributed by atoms with Gasteiger partial charge in [0.1, 0.15) is 21.2 Å². The van der Waals surface area contributed by atoms with Crippen LogP contribution < -0.4 is 44.7 Å². The molecule has 0 amide bonds. The molecule has 12 heteroatoms. The predicted octanol–water partition coefficient (Wildman–Crippen LogP) is 1.70. The second-order valence-electron chi connectivity index (χ2n) is 8.57. The summed E-state index contributed by atoms with van der Waals surface area (Å²) in [6.07, 6.45) is 0. The van der Waals surface area contributed by atoms with Gasteiger partial charge in [0, 0.05) is 35.0 Å². The van der Waals surface area contributed by atoms with Crippen LogP contribution in [0.3, 0.4) is 0 Å². The number of para-hydroxylation sites is 3. The normalized spacial score (nSPS) is 11.6. The van der Waals surface area contributed by atoms with Gasteiger partial charge in [0.25, 0.3) is 0 Å². The largest absolute Gasteiger partial charge is 1.00 e. The van der Waals surface area contributed by atoms with Crippen molar-refractivity contribution in [2.45, 2.75) is 9.79 Å². The van der Waals surface area contributed by atoms with Gasteiger partial charge in [0.2, 0.25) is 16.7 Å². The maximum absolute atomic E-state index is 11.6. The second-order valence-corrected chi connectivity index (χ2v) is 10.7. The van der Waals surface area contributed by atoms with Crippen molar-refractivity contribution in [3.05, 3.63) is 103 Å². The predicted molar refractivity (Wildman–Crippen MR) is 144 cm³/mol. The van der Waals surface area contributed by atoms with Crippen molar-refractivity contribution in [3.63, 3.8) is 0 Å². The first-order valence-corrected chi connectivity index (χ1v) is 13.8. The molecular formula is C28H18N3NaO6S2. The van der Waals surface area contributed by atoms with Crippen LogP contribution >= 0.6 is 12.0 Å². The molecule has 1 aromatic heterocycles. The number of benzene rings is 5. The van der Waals surface area contributed by atoms with Crippen LogP contribution in [0, 0.1) is 0 Å². The van der Waals surface area contributed by atoms with Crippen LogP contribution in [0.4, 0.5) is 11.4 Å². The molecule has 0 atom stereocenters. The van der Waals surface area contributed by atoms with Gasteiger partial charge < -0.3 is 15.1 Å². The van der Waals surface area contributed by atoms with E-state index in [9.17, 15) is 18.2 Å². The molecule has 194 valence electrons. The molecule has 0 saturated carbocycles. The number of nitrogens with one attached hydrogen (secondary N) is 1. The Morgan fingerprint density at radius 3 is 2.25 bits per heavy atom. The van der Waals surface area contributed by atoms with E-state index in [2.05, 4.69) is 19.3 Å². The molecule has 0 unspecified atom stereocenters. The summed E-state index contributed by atoms with van der Waals surface area (Å²) in [5.74, 6) is 0. The Balaban J connectivity index is 0.00000323. The van der Waals surface area contributed by atoms with Gasteiger partial charge in [-0.2, -0.15) is 4.33 Å². The number of hydrogen-bond donors (Lipinski definition) is 1. The van der Waals surface area contributed by atoms with Crippen molar-refractivity contribution in [2.75, 3.05) is 5.32 Å². The summed E-state index contributed by atoms with van der Waals surface area (Å²) in [6, 6.07) is 31.3. The molecule has 0 aliphatic carbocycles. The molecule has 1 heterocycles. The van der Waals surface area contributed by atoms with Gasteiger partial charge in [-0.1, -0.05) is 54.6 Å². The van der Waals surface area contributed by atoms with Crippen LogP contribution in [0.2, 0.25) is 0 Å². The number of fused-ring (bicyclic) bond motifs is 4. The Kier molecular flexibility index (Phi) is 8.38. The van der Waals surface area contributed by atoms with E-state index in [4.69, 9.17) is 4.98 Å². The molecule has 0 aliphatic rings. The van der Waals surface area contributed by atoms with E-state index in [1.807, 2.05) is 84.9 Å². The van der Waals surface area contributed by atoms with Gasteiger partial charge in [-0.3, -0.25) is 5.04 Å². The third kappa shape index (κ3) is 5.44. The van der Waals surface area contributed by atoms with Gasteiger partial charge in [-0.05, 0) is 24.3 Å². The van der Waals surface area contributed by atoms with Crippen molar-refractivity contribution in [1.29, 1.82) is 0 Å². The molecule has 5 aromatic carbocycles. The molecule has 9 nitrogen and oxygen atoms in total. The Hall–Kier alpha value is -3.10. The minimum absolute atomic E-state index is 0. The zero-order valence-corrected chi connectivity index (χ0v) is 24.6. The first-order chi connectivity index (χ1) is 18.9. The van der Waals surface area contributed by atoms with Crippen molar-refractivity contribution in [2.24, 2.45) is 0 Å². The second kappa shape index (κ2) is 11.8. The summed E-state index contributed by atoms with van der Waals surface area (Å²) < 4.78 is 41.4. The summed E-state index contributed by atoms with van der Waals surface area (Å²) in [5.41, 5.74) is 5.40. The summed E-state index contributed by atoms with van der Waals surface area (Å²) in [6.45, 7) is 0. The summed E-state index contributed by atoms with van der Waals surface area (Å²) >= 11 is 0.489. The molecule has 40 heavy (non-hydrogen) atoms. The summed E-state index contributed by atoms with van der Waals surface area (Å²) in [5, 5.41) is 19.0. The van der Waals surface area contributed by atoms with Crippen LogP contribution in [-0.2, 0) is 19.5 Å². The Morgan fingerprint density at radius 2 is 1.50 bits per heavy atom. The van der Waals surface area contributed by atoms with Crippen molar-refractivity contribution in [3.8, 4) is 5.69 Å². The molecule has 0 radical (unpaired) electrons. The summed E-state index contributed by atoms with van der Waals surface area (Å²) in [4.78, 5) is 4.71. The molecule has 0 spiro atoms. The van der Waals surface area contributed by atoms with Gasteiger partial charge in [0.15, 0.2) is 0 Å². The van der Waals surface area contributed by atoms with E-state index in [0.29, 0.717) is 23.4 Å². The minimum Gasteiger partial charge on any atom is -0.744 e. The molecule has 1 N–H and O–H groups in total. The van der Waals surface area contributed by atoms with E-state index in [1.165, 1.54) is 12.1 Å². The van der Waals surface area contributed by atoms with Crippen molar-refractivity contribution >= 4 is 66.4 Å². The maximum atomic E-state index is 11.6. The minimum atomic E-state index is -4.74. The maximum Gasteiger partial charge on any atom is 1.00 e. The number of anilines is 2. The van der Waals surface area contributed by atoms with Crippen LogP contribution in [-0.4, -0.2) is 18.0 Å².